The van der Waals surface area contributed by atoms with Gasteiger partial charge in [0.25, 0.3) is 0 Å². The van der Waals surface area contributed by atoms with Gasteiger partial charge in [0.2, 0.25) is 0 Å². The fraction of sp³-hybridized carbons (Fsp3) is 0.0294. The van der Waals surface area contributed by atoms with Crippen LogP contribution in [0.3, 0.4) is 0 Å². The lowest BCUT2D eigenvalue weighted by molar-refractivity contribution is 0.627. The third-order valence-electron chi connectivity index (χ3n) is 15.6. The number of benzene rings is 11. The zero-order valence-electron chi connectivity index (χ0n) is 40.5. The molecular weight excluding hydrogens is 911 g/mol. The predicted octanol–water partition coefficient (Wildman–Crippen LogP) is 18.3. The van der Waals surface area contributed by atoms with Crippen molar-refractivity contribution in [3.8, 4) is 45.3 Å². The Hall–Kier alpha value is -9.52. The molecule has 0 bridgehead atoms. The topological polar surface area (TPSA) is 19.7 Å². The molecule has 0 saturated heterocycles. The summed E-state index contributed by atoms with van der Waals surface area (Å²) >= 11 is 0. The molecule has 0 saturated carbocycles. The van der Waals surface area contributed by atoms with E-state index in [1.165, 1.54) is 67.7 Å². The summed E-state index contributed by atoms with van der Waals surface area (Å²) in [5.41, 5.74) is 17.5. The normalized spacial score (nSPS) is 12.1. The summed E-state index contributed by atoms with van der Waals surface area (Å²) in [6, 6.07) is 79.6. The van der Waals surface area contributed by atoms with Gasteiger partial charge in [-0.3, -0.25) is 0 Å². The number of aromatic nitrogens is 4. The molecule has 11 aromatic carbocycles. The Bertz CT molecular complexity index is 4480. The van der Waals surface area contributed by atoms with E-state index in [0.29, 0.717) is 0 Å². The van der Waals surface area contributed by atoms with Crippen molar-refractivity contribution in [3.63, 3.8) is 0 Å². The molecule has 0 atom stereocenters. The van der Waals surface area contributed by atoms with Crippen LogP contribution in [0.1, 0.15) is 11.1 Å². The van der Waals surface area contributed by atoms with Gasteiger partial charge in [-0.1, -0.05) is 133 Å². The third-order valence-corrected chi connectivity index (χ3v) is 15.6. The average molecular weight is 955 g/mol. The Kier molecular flexibility index (Phi) is 9.12. The fourth-order valence-electron chi connectivity index (χ4n) is 12.4. The zero-order valence-corrected chi connectivity index (χ0v) is 40.5. The van der Waals surface area contributed by atoms with Crippen molar-refractivity contribution in [3.05, 3.63) is 253 Å². The van der Waals surface area contributed by atoms with Gasteiger partial charge in [0.05, 0.1) is 44.5 Å². The van der Waals surface area contributed by atoms with E-state index in [4.69, 9.17) is 0 Å². The van der Waals surface area contributed by atoms with Gasteiger partial charge in [-0.2, -0.15) is 0 Å². The van der Waals surface area contributed by atoms with Gasteiger partial charge < -0.3 is 18.3 Å². The Morgan fingerprint density at radius 2 is 0.595 bits per heavy atom. The fourth-order valence-corrected chi connectivity index (χ4v) is 12.4. The molecule has 15 aromatic rings. The molecule has 15 rings (SSSR count). The molecular formula is C68H44F2N4. The molecule has 0 fully saturated rings. The maximum absolute atomic E-state index is 14.3. The predicted molar refractivity (Wildman–Crippen MR) is 304 cm³/mol. The molecule has 74 heavy (non-hydrogen) atoms. The minimum absolute atomic E-state index is 0.256. The first-order chi connectivity index (χ1) is 36.4. The van der Waals surface area contributed by atoms with Crippen LogP contribution in [0.5, 0.6) is 0 Å². The Balaban J connectivity index is 1.00. The summed E-state index contributed by atoms with van der Waals surface area (Å²) in [5.74, 6) is -0.513. The van der Waals surface area contributed by atoms with E-state index < -0.39 is 0 Å². The van der Waals surface area contributed by atoms with Gasteiger partial charge in [-0.05, 0) is 144 Å². The van der Waals surface area contributed by atoms with E-state index in [-0.39, 0.29) is 11.6 Å². The van der Waals surface area contributed by atoms with E-state index >= 15 is 0 Å². The Labute approximate surface area is 424 Å². The van der Waals surface area contributed by atoms with Crippen molar-refractivity contribution in [2.75, 3.05) is 0 Å². The number of hydrogen-bond donors (Lipinski definition) is 0. The van der Waals surface area contributed by atoms with Crippen LogP contribution in [0.15, 0.2) is 231 Å². The van der Waals surface area contributed by atoms with Gasteiger partial charge in [-0.25, -0.2) is 8.78 Å². The van der Waals surface area contributed by atoms with E-state index in [1.807, 2.05) is 24.3 Å². The third kappa shape index (κ3) is 6.06. The number of aryl methyl sites for hydroxylation is 2. The van der Waals surface area contributed by atoms with Gasteiger partial charge >= 0.3 is 0 Å². The first-order valence-electron chi connectivity index (χ1n) is 25.1. The summed E-state index contributed by atoms with van der Waals surface area (Å²) in [5, 5.41) is 11.6. The molecule has 4 aromatic heterocycles. The number of nitrogens with zero attached hydrogens (tertiary/aromatic N) is 4. The maximum atomic E-state index is 14.3. The van der Waals surface area contributed by atoms with E-state index in [2.05, 4.69) is 214 Å². The van der Waals surface area contributed by atoms with Crippen molar-refractivity contribution in [1.29, 1.82) is 0 Å². The molecule has 0 aliphatic rings. The summed E-state index contributed by atoms with van der Waals surface area (Å²) < 4.78 is 38.0. The molecule has 0 aliphatic heterocycles. The van der Waals surface area contributed by atoms with Crippen LogP contribution in [-0.2, 0) is 0 Å². The first-order valence-corrected chi connectivity index (χ1v) is 25.1. The quantitative estimate of drug-likeness (QED) is 0.148. The minimum atomic E-state index is -0.256. The van der Waals surface area contributed by atoms with E-state index in [9.17, 15) is 8.78 Å². The molecule has 4 nitrogen and oxygen atoms in total. The zero-order chi connectivity index (χ0) is 49.3. The van der Waals surface area contributed by atoms with Gasteiger partial charge in [0, 0.05) is 65.8 Å². The molecule has 0 radical (unpaired) electrons. The Morgan fingerprint density at radius 1 is 0.257 bits per heavy atom. The average Bonchev–Trinajstić information content (AvgIpc) is 4.15. The number of para-hydroxylation sites is 2. The largest absolute Gasteiger partial charge is 0.309 e. The standard InChI is InChI=1S/C68H44F2N4/c1-41-51-31-33-53-54-34-32-52-42(2)66(44-15-7-4-8-16-44)74(50-30-38-64-60(40-50)56-18-10-12-20-62(56)72(64)48-27-23-46(70)24-28-48)68(52)58(54)36-35-57(53)67(51)73(65(41)43-13-5-3-6-14-43)49-29-37-63-59(39-49)55-17-9-11-19-61(55)71(63)47-25-21-45(69)22-26-47/h3-40H,1-2H3. The Morgan fingerprint density at radius 3 is 1.01 bits per heavy atom. The van der Waals surface area contributed by atoms with Crippen LogP contribution in [-0.4, -0.2) is 18.3 Å². The van der Waals surface area contributed by atoms with Crippen molar-refractivity contribution in [2.45, 2.75) is 13.8 Å². The smallest absolute Gasteiger partial charge is 0.123 e. The van der Waals surface area contributed by atoms with Gasteiger partial charge in [0.1, 0.15) is 11.6 Å². The van der Waals surface area contributed by atoms with Crippen LogP contribution in [0, 0.1) is 25.5 Å². The summed E-state index contributed by atoms with van der Waals surface area (Å²) in [6.45, 7) is 4.51. The molecule has 4 heterocycles. The SMILES string of the molecule is Cc1c(-c2ccccc2)n(-c2ccc3c(c2)c2ccccc2n3-c2ccc(F)cc2)c2c1ccc1c3ccc4c(C)c(-c5ccccc5)n(-c5ccc6c(c5)c5ccccc5n6-c5ccc(F)cc5)c4c3ccc12. The highest BCUT2D eigenvalue weighted by molar-refractivity contribution is 6.24. The van der Waals surface area contributed by atoms with E-state index in [1.54, 1.807) is 0 Å². The number of hydrogen-bond acceptors (Lipinski definition) is 0. The van der Waals surface area contributed by atoms with Crippen LogP contribution >= 0.6 is 0 Å². The lowest BCUT2D eigenvalue weighted by Gasteiger charge is -2.16. The van der Waals surface area contributed by atoms with Crippen molar-refractivity contribution in [1.82, 2.24) is 18.3 Å². The number of halogens is 2. The lowest BCUT2D eigenvalue weighted by atomic mass is 9.97. The summed E-state index contributed by atoms with van der Waals surface area (Å²) in [6.07, 6.45) is 0. The summed E-state index contributed by atoms with van der Waals surface area (Å²) in [4.78, 5) is 0. The molecule has 0 unspecified atom stereocenters. The first kappa shape index (κ1) is 42.2. The molecule has 350 valence electrons. The maximum Gasteiger partial charge on any atom is 0.123 e. The molecule has 6 heteroatoms. The highest BCUT2D eigenvalue weighted by atomic mass is 19.1. The summed E-state index contributed by atoms with van der Waals surface area (Å²) in [7, 11) is 0. The van der Waals surface area contributed by atoms with Crippen molar-refractivity contribution < 1.29 is 8.78 Å². The minimum Gasteiger partial charge on any atom is -0.309 e. The molecule has 0 spiro atoms. The molecule has 0 aliphatic carbocycles. The second-order valence-corrected chi connectivity index (χ2v) is 19.6. The van der Waals surface area contributed by atoms with Crippen LogP contribution in [0.25, 0.3) is 132 Å². The van der Waals surface area contributed by atoms with Crippen LogP contribution in [0.4, 0.5) is 8.78 Å². The lowest BCUT2D eigenvalue weighted by Crippen LogP contribution is -1.99. The van der Waals surface area contributed by atoms with Crippen molar-refractivity contribution in [2.24, 2.45) is 0 Å². The van der Waals surface area contributed by atoms with Gasteiger partial charge in [-0.15, -0.1) is 0 Å². The highest BCUT2D eigenvalue weighted by Crippen LogP contribution is 2.46. The number of rotatable bonds is 6. The number of fused-ring (bicyclic) bond motifs is 13. The van der Waals surface area contributed by atoms with Crippen molar-refractivity contribution >= 4 is 87.0 Å². The highest BCUT2D eigenvalue weighted by Gasteiger charge is 2.25. The monoisotopic (exact) mass is 954 g/mol. The van der Waals surface area contributed by atoms with Gasteiger partial charge in [0.15, 0.2) is 0 Å². The molecule has 0 N–H and O–H groups in total. The molecule has 0 amide bonds. The van der Waals surface area contributed by atoms with Crippen LogP contribution in [0.2, 0.25) is 0 Å². The van der Waals surface area contributed by atoms with Crippen LogP contribution < -0.4 is 0 Å². The second kappa shape index (κ2) is 16.0. The van der Waals surface area contributed by atoms with E-state index in [0.717, 1.165) is 99.9 Å². The second-order valence-electron chi connectivity index (χ2n) is 19.6.